The number of nitrogens with zero attached hydrogens (tertiary/aromatic N) is 2. The van der Waals surface area contributed by atoms with Crippen molar-refractivity contribution >= 4 is 33.9 Å². The lowest BCUT2D eigenvalue weighted by Gasteiger charge is -2.12. The van der Waals surface area contributed by atoms with Crippen LogP contribution in [0.5, 0.6) is 5.75 Å². The van der Waals surface area contributed by atoms with Crippen LogP contribution in [-0.4, -0.2) is 21.0 Å². The summed E-state index contributed by atoms with van der Waals surface area (Å²) in [6.07, 6.45) is 0. The molecule has 4 aromatic carbocycles. The molecule has 0 atom stereocenters. The van der Waals surface area contributed by atoms with Crippen LogP contribution in [0.3, 0.4) is 0 Å². The molecule has 0 fully saturated rings. The Morgan fingerprint density at radius 3 is 2.41 bits per heavy atom. The third-order valence-electron chi connectivity index (χ3n) is 5.45. The number of hydrogen-bond acceptors (Lipinski definition) is 5. The fourth-order valence-electron chi connectivity index (χ4n) is 3.87. The van der Waals surface area contributed by atoms with Gasteiger partial charge >= 0.3 is 0 Å². The smallest absolute Gasteiger partial charge is 0.255 e. The minimum Gasteiger partial charge on any atom is -0.507 e. The molecule has 0 saturated heterocycles. The maximum absolute atomic E-state index is 13.0. The summed E-state index contributed by atoms with van der Waals surface area (Å²) < 4.78 is 0. The summed E-state index contributed by atoms with van der Waals surface area (Å²) in [7, 11) is 0. The van der Waals surface area contributed by atoms with Crippen LogP contribution in [0.1, 0.15) is 16.2 Å². The number of rotatable bonds is 5. The van der Waals surface area contributed by atoms with E-state index in [1.165, 1.54) is 0 Å². The van der Waals surface area contributed by atoms with E-state index in [2.05, 4.69) is 20.6 Å². The Morgan fingerprint density at radius 2 is 1.56 bits per heavy atom. The average molecular weight is 447 g/mol. The van der Waals surface area contributed by atoms with E-state index in [0.717, 1.165) is 22.3 Å². The Morgan fingerprint density at radius 1 is 0.794 bits per heavy atom. The number of anilines is 3. The van der Waals surface area contributed by atoms with Crippen LogP contribution in [0.4, 0.5) is 17.2 Å². The molecule has 1 amide bonds. The minimum atomic E-state index is -0.247. The lowest BCUT2D eigenvalue weighted by Crippen LogP contribution is -2.12. The second kappa shape index (κ2) is 9.03. The zero-order valence-electron chi connectivity index (χ0n) is 18.5. The molecule has 3 N–H and O–H groups in total. The third kappa shape index (κ3) is 4.42. The largest absolute Gasteiger partial charge is 0.507 e. The maximum Gasteiger partial charge on any atom is 0.255 e. The van der Waals surface area contributed by atoms with Gasteiger partial charge in [0.05, 0.1) is 5.69 Å². The fraction of sp³-hybridized carbons (Fsp3) is 0.0357. The molecule has 0 radical (unpaired) electrons. The van der Waals surface area contributed by atoms with Crippen LogP contribution < -0.4 is 10.6 Å². The number of carbonyl (C=O) groups is 1. The lowest BCUT2D eigenvalue weighted by atomic mass is 10.1. The van der Waals surface area contributed by atoms with E-state index in [-0.39, 0.29) is 11.7 Å². The van der Waals surface area contributed by atoms with Gasteiger partial charge in [-0.05, 0) is 37.3 Å². The quantitative estimate of drug-likeness (QED) is 0.295. The Kier molecular flexibility index (Phi) is 5.62. The summed E-state index contributed by atoms with van der Waals surface area (Å²) >= 11 is 0. The highest BCUT2D eigenvalue weighted by atomic mass is 16.3. The monoisotopic (exact) mass is 446 g/mol. The van der Waals surface area contributed by atoms with Crippen molar-refractivity contribution in [2.45, 2.75) is 6.92 Å². The van der Waals surface area contributed by atoms with Crippen LogP contribution in [0.2, 0.25) is 0 Å². The summed E-state index contributed by atoms with van der Waals surface area (Å²) in [6.45, 7) is 1.85. The zero-order chi connectivity index (χ0) is 23.5. The van der Waals surface area contributed by atoms with Gasteiger partial charge in [-0.15, -0.1) is 0 Å². The molecule has 0 bridgehead atoms. The van der Waals surface area contributed by atoms with E-state index in [9.17, 15) is 9.90 Å². The number of phenols is 1. The second-order valence-corrected chi connectivity index (χ2v) is 7.89. The lowest BCUT2D eigenvalue weighted by molar-refractivity contribution is 0.102. The first-order chi connectivity index (χ1) is 16.6. The number of hydrogen-bond donors (Lipinski definition) is 3. The predicted octanol–water partition coefficient (Wildman–Crippen LogP) is 6.31. The number of amides is 1. The normalized spacial score (nSPS) is 10.7. The highest BCUT2D eigenvalue weighted by Crippen LogP contribution is 2.30. The van der Waals surface area contributed by atoms with Crippen LogP contribution in [0.25, 0.3) is 22.0 Å². The van der Waals surface area contributed by atoms with Gasteiger partial charge in [0.15, 0.2) is 0 Å². The molecule has 0 spiro atoms. The maximum atomic E-state index is 13.0. The standard InChI is InChI=1S/C28H22N4O2/c1-18-29-25(19-8-3-2-4-9-19)17-27(30-18)31-21-11-5-10-20(16-21)28(34)32-24-14-6-13-23-22(24)12-7-15-26(23)33/h2-17,33H,1H3,(H,32,34)(H,29,30,31). The fourth-order valence-corrected chi connectivity index (χ4v) is 3.87. The molecule has 166 valence electrons. The van der Waals surface area contributed by atoms with Crippen molar-refractivity contribution in [1.82, 2.24) is 9.97 Å². The number of aromatic nitrogens is 2. The van der Waals surface area contributed by atoms with E-state index in [1.807, 2.05) is 73.7 Å². The van der Waals surface area contributed by atoms with Gasteiger partial charge in [-0.1, -0.05) is 60.7 Å². The van der Waals surface area contributed by atoms with Gasteiger partial charge < -0.3 is 15.7 Å². The topological polar surface area (TPSA) is 87.1 Å². The minimum absolute atomic E-state index is 0.176. The van der Waals surface area contributed by atoms with Gasteiger partial charge in [0, 0.05) is 39.3 Å². The Labute approximate surface area is 197 Å². The molecule has 0 unspecified atom stereocenters. The van der Waals surface area contributed by atoms with Crippen LogP contribution in [0.15, 0.2) is 97.1 Å². The molecular weight excluding hydrogens is 424 g/mol. The molecule has 1 heterocycles. The molecule has 0 aliphatic carbocycles. The third-order valence-corrected chi connectivity index (χ3v) is 5.45. The Hall–Kier alpha value is -4.71. The number of nitrogens with one attached hydrogen (secondary N) is 2. The van der Waals surface area contributed by atoms with Gasteiger partial charge in [0.1, 0.15) is 17.4 Å². The molecule has 6 nitrogen and oxygen atoms in total. The van der Waals surface area contributed by atoms with Crippen molar-refractivity contribution in [2.24, 2.45) is 0 Å². The summed E-state index contributed by atoms with van der Waals surface area (Å²) in [4.78, 5) is 22.0. The summed E-state index contributed by atoms with van der Waals surface area (Å²) in [5.41, 5.74) is 3.70. The van der Waals surface area contributed by atoms with Crippen LogP contribution >= 0.6 is 0 Å². The predicted molar refractivity (Wildman–Crippen MR) is 135 cm³/mol. The molecule has 0 saturated carbocycles. The van der Waals surface area contributed by atoms with Crippen LogP contribution in [0, 0.1) is 6.92 Å². The Bertz CT molecular complexity index is 1500. The van der Waals surface area contributed by atoms with E-state index in [0.29, 0.717) is 28.3 Å². The molecule has 5 aromatic rings. The van der Waals surface area contributed by atoms with Crippen molar-refractivity contribution in [3.05, 3.63) is 108 Å². The van der Waals surface area contributed by atoms with Gasteiger partial charge in [-0.2, -0.15) is 0 Å². The van der Waals surface area contributed by atoms with Gasteiger partial charge in [0.2, 0.25) is 0 Å². The van der Waals surface area contributed by atoms with E-state index in [1.54, 1.807) is 30.3 Å². The number of aryl methyl sites for hydroxylation is 1. The van der Waals surface area contributed by atoms with Crippen molar-refractivity contribution in [2.75, 3.05) is 10.6 Å². The number of fused-ring (bicyclic) bond motifs is 1. The second-order valence-electron chi connectivity index (χ2n) is 7.89. The number of phenolic OH excluding ortho intramolecular Hbond substituents is 1. The van der Waals surface area contributed by atoms with Crippen molar-refractivity contribution in [3.63, 3.8) is 0 Å². The highest BCUT2D eigenvalue weighted by molar-refractivity contribution is 6.10. The highest BCUT2D eigenvalue weighted by Gasteiger charge is 2.11. The molecule has 0 aliphatic heterocycles. The molecule has 34 heavy (non-hydrogen) atoms. The van der Waals surface area contributed by atoms with Crippen LogP contribution in [-0.2, 0) is 0 Å². The van der Waals surface area contributed by atoms with Gasteiger partial charge in [-0.3, -0.25) is 4.79 Å². The van der Waals surface area contributed by atoms with Gasteiger partial charge in [-0.25, -0.2) is 9.97 Å². The molecule has 5 rings (SSSR count). The van der Waals surface area contributed by atoms with E-state index >= 15 is 0 Å². The summed E-state index contributed by atoms with van der Waals surface area (Å²) in [5, 5.41) is 17.8. The first-order valence-electron chi connectivity index (χ1n) is 10.9. The Balaban J connectivity index is 1.39. The van der Waals surface area contributed by atoms with Crippen molar-refractivity contribution < 1.29 is 9.90 Å². The van der Waals surface area contributed by atoms with E-state index in [4.69, 9.17) is 0 Å². The molecule has 1 aromatic heterocycles. The van der Waals surface area contributed by atoms with Gasteiger partial charge in [0.25, 0.3) is 5.91 Å². The first kappa shape index (κ1) is 21.2. The molecule has 0 aliphatic rings. The zero-order valence-corrected chi connectivity index (χ0v) is 18.5. The number of carbonyl (C=O) groups excluding carboxylic acids is 1. The van der Waals surface area contributed by atoms with Crippen molar-refractivity contribution in [1.29, 1.82) is 0 Å². The average Bonchev–Trinajstić information content (AvgIpc) is 2.85. The molecular formula is C28H22N4O2. The van der Waals surface area contributed by atoms with E-state index < -0.39 is 0 Å². The number of aromatic hydroxyl groups is 1. The SMILES string of the molecule is Cc1nc(Nc2cccc(C(=O)Nc3cccc4c(O)cccc34)c2)cc(-c2ccccc2)n1. The first-order valence-corrected chi connectivity index (χ1v) is 10.9. The summed E-state index contributed by atoms with van der Waals surface area (Å²) in [5.74, 6) is 1.23. The molecule has 6 heteroatoms. The number of benzene rings is 4. The van der Waals surface area contributed by atoms with Crippen molar-refractivity contribution in [3.8, 4) is 17.0 Å². The summed E-state index contributed by atoms with van der Waals surface area (Å²) in [6, 6.07) is 29.7.